The van der Waals surface area contributed by atoms with Crippen molar-refractivity contribution >= 4 is 0 Å². The van der Waals surface area contributed by atoms with Crippen LogP contribution in [0, 0.1) is 11.3 Å². The van der Waals surface area contributed by atoms with E-state index in [0.29, 0.717) is 45.7 Å². The SMILES string of the molecule is CCCCOCCOCCOCC1(C)C=C2OCOC2=CC1CCC. The molecule has 2 aliphatic rings. The summed E-state index contributed by atoms with van der Waals surface area (Å²) in [4.78, 5) is 0. The van der Waals surface area contributed by atoms with Gasteiger partial charge in [0.05, 0.1) is 33.0 Å². The number of hydrogen-bond donors (Lipinski definition) is 0. The van der Waals surface area contributed by atoms with E-state index in [1.54, 1.807) is 0 Å². The first-order chi connectivity index (χ1) is 12.2. The van der Waals surface area contributed by atoms with Crippen molar-refractivity contribution < 1.29 is 23.7 Å². The summed E-state index contributed by atoms with van der Waals surface area (Å²) in [6, 6.07) is 0. The first-order valence-corrected chi connectivity index (χ1v) is 9.63. The molecule has 0 saturated carbocycles. The molecule has 144 valence electrons. The molecule has 2 rings (SSSR count). The Bertz CT molecular complexity index is 445. The highest BCUT2D eigenvalue weighted by molar-refractivity contribution is 5.31. The largest absolute Gasteiger partial charge is 0.454 e. The van der Waals surface area contributed by atoms with Crippen LogP contribution in [0.3, 0.4) is 0 Å². The predicted octanol–water partition coefficient (Wildman–Crippen LogP) is 4.04. The average Bonchev–Trinajstić information content (AvgIpc) is 3.04. The van der Waals surface area contributed by atoms with E-state index in [1.165, 1.54) is 0 Å². The summed E-state index contributed by atoms with van der Waals surface area (Å²) >= 11 is 0. The van der Waals surface area contributed by atoms with E-state index >= 15 is 0 Å². The number of ether oxygens (including phenoxy) is 5. The van der Waals surface area contributed by atoms with E-state index < -0.39 is 0 Å². The molecule has 0 spiro atoms. The minimum atomic E-state index is -0.0637. The highest BCUT2D eigenvalue weighted by atomic mass is 16.7. The quantitative estimate of drug-likeness (QED) is 0.467. The molecule has 5 nitrogen and oxygen atoms in total. The minimum Gasteiger partial charge on any atom is -0.454 e. The molecule has 0 amide bonds. The highest BCUT2D eigenvalue weighted by Crippen LogP contribution is 2.42. The first kappa shape index (κ1) is 20.3. The van der Waals surface area contributed by atoms with Gasteiger partial charge in [0, 0.05) is 12.0 Å². The maximum atomic E-state index is 5.91. The molecule has 5 heteroatoms. The van der Waals surface area contributed by atoms with Crippen molar-refractivity contribution in [2.45, 2.75) is 46.5 Å². The lowest BCUT2D eigenvalue weighted by molar-refractivity contribution is -0.00698. The smallest absolute Gasteiger partial charge is 0.231 e. The van der Waals surface area contributed by atoms with Crippen LogP contribution in [0.1, 0.15) is 46.5 Å². The van der Waals surface area contributed by atoms with Gasteiger partial charge in [0.1, 0.15) is 0 Å². The summed E-state index contributed by atoms with van der Waals surface area (Å²) in [5, 5.41) is 0. The number of fused-ring (bicyclic) bond motifs is 1. The number of allylic oxidation sites excluding steroid dienone is 1. The Balaban J connectivity index is 1.65. The lowest BCUT2D eigenvalue weighted by Crippen LogP contribution is -2.33. The van der Waals surface area contributed by atoms with Gasteiger partial charge in [0.15, 0.2) is 11.5 Å². The molecule has 0 aromatic rings. The van der Waals surface area contributed by atoms with E-state index in [9.17, 15) is 0 Å². The van der Waals surface area contributed by atoms with Gasteiger partial charge < -0.3 is 23.7 Å². The molecule has 2 unspecified atom stereocenters. The van der Waals surface area contributed by atoms with Crippen LogP contribution in [0.15, 0.2) is 23.7 Å². The van der Waals surface area contributed by atoms with Crippen molar-refractivity contribution in [2.24, 2.45) is 11.3 Å². The van der Waals surface area contributed by atoms with Gasteiger partial charge in [0.25, 0.3) is 0 Å². The van der Waals surface area contributed by atoms with Crippen LogP contribution in [-0.4, -0.2) is 46.4 Å². The number of unbranched alkanes of at least 4 members (excludes halogenated alkanes) is 1. The fourth-order valence-corrected chi connectivity index (χ4v) is 3.17. The Morgan fingerprint density at radius 3 is 2.36 bits per heavy atom. The summed E-state index contributed by atoms with van der Waals surface area (Å²) in [5.41, 5.74) is -0.0637. The standard InChI is InChI=1S/C20H34O5/c1-4-6-8-21-9-10-22-11-12-23-15-20(3)14-19-18(24-16-25-19)13-17(20)7-5-2/h13-14,17H,4-12,15-16H2,1-3H3. The van der Waals surface area contributed by atoms with Crippen LogP contribution in [0.2, 0.25) is 0 Å². The van der Waals surface area contributed by atoms with Gasteiger partial charge >= 0.3 is 0 Å². The van der Waals surface area contributed by atoms with Crippen molar-refractivity contribution in [1.82, 2.24) is 0 Å². The Morgan fingerprint density at radius 1 is 0.960 bits per heavy atom. The molecule has 2 atom stereocenters. The molecule has 0 aromatic heterocycles. The molecule has 1 saturated heterocycles. The second-order valence-electron chi connectivity index (χ2n) is 6.98. The summed E-state index contributed by atoms with van der Waals surface area (Å²) in [6.45, 7) is 10.9. The monoisotopic (exact) mass is 354 g/mol. The maximum absolute atomic E-state index is 5.91. The van der Waals surface area contributed by atoms with Gasteiger partial charge in [-0.1, -0.05) is 33.6 Å². The van der Waals surface area contributed by atoms with Crippen LogP contribution in [0.4, 0.5) is 0 Å². The Kier molecular flexibility index (Phi) is 8.79. The van der Waals surface area contributed by atoms with Crippen molar-refractivity contribution in [2.75, 3.05) is 46.4 Å². The third-order valence-electron chi connectivity index (χ3n) is 4.73. The van der Waals surface area contributed by atoms with E-state index in [4.69, 9.17) is 23.7 Å². The molecular weight excluding hydrogens is 320 g/mol. The fraction of sp³-hybridized carbons (Fsp3) is 0.800. The first-order valence-electron chi connectivity index (χ1n) is 9.63. The van der Waals surface area contributed by atoms with Gasteiger partial charge in [-0.05, 0) is 30.9 Å². The Morgan fingerprint density at radius 2 is 1.64 bits per heavy atom. The molecule has 0 aromatic carbocycles. The molecule has 1 heterocycles. The zero-order chi connectivity index (χ0) is 18.0. The van der Waals surface area contributed by atoms with Gasteiger partial charge in [-0.3, -0.25) is 0 Å². The van der Waals surface area contributed by atoms with Crippen LogP contribution >= 0.6 is 0 Å². The lowest BCUT2D eigenvalue weighted by atomic mass is 9.72. The topological polar surface area (TPSA) is 46.2 Å². The molecule has 1 fully saturated rings. The zero-order valence-corrected chi connectivity index (χ0v) is 16.1. The average molecular weight is 354 g/mol. The van der Waals surface area contributed by atoms with E-state index in [1.807, 2.05) is 0 Å². The Hall–Kier alpha value is -1.04. The van der Waals surface area contributed by atoms with Crippen molar-refractivity contribution in [3.8, 4) is 0 Å². The lowest BCUT2D eigenvalue weighted by Gasteiger charge is -2.35. The van der Waals surface area contributed by atoms with Crippen LogP contribution in [0.5, 0.6) is 0 Å². The second kappa shape index (κ2) is 10.8. The van der Waals surface area contributed by atoms with E-state index in [2.05, 4.69) is 32.9 Å². The van der Waals surface area contributed by atoms with Crippen molar-refractivity contribution in [3.63, 3.8) is 0 Å². The molecular formula is C20H34O5. The minimum absolute atomic E-state index is 0.0637. The molecule has 1 aliphatic heterocycles. The van der Waals surface area contributed by atoms with Gasteiger partial charge in [-0.15, -0.1) is 0 Å². The van der Waals surface area contributed by atoms with Crippen LogP contribution in [0.25, 0.3) is 0 Å². The third-order valence-corrected chi connectivity index (χ3v) is 4.73. The number of hydrogen-bond acceptors (Lipinski definition) is 5. The molecule has 0 bridgehead atoms. The molecule has 1 aliphatic carbocycles. The van der Waals surface area contributed by atoms with E-state index in [0.717, 1.165) is 43.8 Å². The van der Waals surface area contributed by atoms with Gasteiger partial charge in [0.2, 0.25) is 6.79 Å². The molecule has 0 N–H and O–H groups in total. The third kappa shape index (κ3) is 6.32. The zero-order valence-electron chi connectivity index (χ0n) is 16.1. The van der Waals surface area contributed by atoms with Crippen LogP contribution < -0.4 is 0 Å². The van der Waals surface area contributed by atoms with E-state index in [-0.39, 0.29) is 5.41 Å². The summed E-state index contributed by atoms with van der Waals surface area (Å²) < 4.78 is 28.0. The fourth-order valence-electron chi connectivity index (χ4n) is 3.17. The number of rotatable bonds is 13. The molecule has 0 radical (unpaired) electrons. The van der Waals surface area contributed by atoms with Gasteiger partial charge in [-0.25, -0.2) is 0 Å². The summed E-state index contributed by atoms with van der Waals surface area (Å²) in [6.07, 6.45) is 8.91. The van der Waals surface area contributed by atoms with Gasteiger partial charge in [-0.2, -0.15) is 0 Å². The van der Waals surface area contributed by atoms with Crippen LogP contribution in [-0.2, 0) is 23.7 Å². The summed E-state index contributed by atoms with van der Waals surface area (Å²) in [5.74, 6) is 2.16. The van der Waals surface area contributed by atoms with Crippen molar-refractivity contribution in [1.29, 1.82) is 0 Å². The predicted molar refractivity (Wildman–Crippen MR) is 97.1 cm³/mol. The normalized spacial score (nSPS) is 25.0. The maximum Gasteiger partial charge on any atom is 0.231 e. The van der Waals surface area contributed by atoms with Crippen molar-refractivity contribution in [3.05, 3.63) is 23.7 Å². The Labute approximate surface area is 152 Å². The molecule has 25 heavy (non-hydrogen) atoms. The summed E-state index contributed by atoms with van der Waals surface area (Å²) in [7, 11) is 0. The highest BCUT2D eigenvalue weighted by Gasteiger charge is 2.38. The second-order valence-corrected chi connectivity index (χ2v) is 6.98.